The maximum Gasteiger partial charge on any atom is 0.306 e. The van der Waals surface area contributed by atoms with Gasteiger partial charge in [-0.1, -0.05) is 234 Å². The highest BCUT2D eigenvalue weighted by Crippen LogP contribution is 2.17. The van der Waals surface area contributed by atoms with Gasteiger partial charge < -0.3 is 14.2 Å². The summed E-state index contributed by atoms with van der Waals surface area (Å²) in [4.78, 5) is 37.8. The molecule has 0 saturated carbocycles. The van der Waals surface area contributed by atoms with E-state index in [2.05, 4.69) is 34.6 Å². The molecule has 0 aliphatic heterocycles. The smallest absolute Gasteiger partial charge is 0.306 e. The second-order valence-electron chi connectivity index (χ2n) is 17.8. The average molecular weight is 793 g/mol. The minimum absolute atomic E-state index is 0.0647. The summed E-state index contributed by atoms with van der Waals surface area (Å²) in [6.07, 6.45) is 42.3. The standard InChI is InChI=1S/C50H96O6/c1-6-8-9-10-11-12-17-21-24-30-35-40-48(51)54-43-47(44-55-49(52)41-36-31-27-26-29-34-39-46(5)7-2)56-50(53)42-37-32-25-22-19-16-14-13-15-18-20-23-28-33-38-45(3)4/h45-47H,6-44H2,1-5H3/t46?,47-/m0/s1. The fraction of sp³-hybridized carbons (Fsp3) is 0.940. The molecule has 0 fully saturated rings. The predicted octanol–water partition coefficient (Wildman–Crippen LogP) is 15.8. The van der Waals surface area contributed by atoms with Crippen LogP contribution in [0.2, 0.25) is 0 Å². The van der Waals surface area contributed by atoms with Crippen LogP contribution in [0.1, 0.15) is 272 Å². The van der Waals surface area contributed by atoms with Gasteiger partial charge in [0.2, 0.25) is 0 Å². The van der Waals surface area contributed by atoms with Gasteiger partial charge in [0.05, 0.1) is 0 Å². The topological polar surface area (TPSA) is 78.9 Å². The van der Waals surface area contributed by atoms with Gasteiger partial charge in [0, 0.05) is 19.3 Å². The first kappa shape index (κ1) is 54.4. The minimum Gasteiger partial charge on any atom is -0.462 e. The first-order valence-corrected chi connectivity index (χ1v) is 24.8. The Morgan fingerprint density at radius 3 is 1.02 bits per heavy atom. The maximum atomic E-state index is 12.8. The number of carbonyl (C=O) groups is 3. The van der Waals surface area contributed by atoms with Crippen LogP contribution in [-0.2, 0) is 28.6 Å². The Morgan fingerprint density at radius 1 is 0.375 bits per heavy atom. The second-order valence-corrected chi connectivity index (χ2v) is 17.8. The Bertz CT molecular complexity index is 856. The van der Waals surface area contributed by atoms with Gasteiger partial charge in [-0.05, 0) is 31.1 Å². The molecule has 0 saturated heterocycles. The van der Waals surface area contributed by atoms with Crippen LogP contribution >= 0.6 is 0 Å². The zero-order chi connectivity index (χ0) is 41.2. The SMILES string of the molecule is CCCCCCCCCCCCCC(=O)OC[C@@H](COC(=O)CCCCCCCCC(C)CC)OC(=O)CCCCCCCCCCCCCCCCC(C)C. The molecule has 0 amide bonds. The lowest BCUT2D eigenvalue weighted by Crippen LogP contribution is -2.30. The van der Waals surface area contributed by atoms with Crippen LogP contribution in [0, 0.1) is 11.8 Å². The van der Waals surface area contributed by atoms with Crippen LogP contribution in [0.25, 0.3) is 0 Å². The van der Waals surface area contributed by atoms with Gasteiger partial charge in [-0.2, -0.15) is 0 Å². The third-order valence-electron chi connectivity index (χ3n) is 11.6. The average Bonchev–Trinajstić information content (AvgIpc) is 3.18. The van der Waals surface area contributed by atoms with Gasteiger partial charge in [-0.25, -0.2) is 0 Å². The van der Waals surface area contributed by atoms with Crippen LogP contribution in [0.15, 0.2) is 0 Å². The molecule has 0 aliphatic rings. The van der Waals surface area contributed by atoms with Crippen molar-refractivity contribution in [2.24, 2.45) is 11.8 Å². The van der Waals surface area contributed by atoms with Crippen molar-refractivity contribution >= 4 is 17.9 Å². The Morgan fingerprint density at radius 2 is 0.679 bits per heavy atom. The molecule has 0 aromatic heterocycles. The van der Waals surface area contributed by atoms with Gasteiger partial charge in [-0.3, -0.25) is 14.4 Å². The third kappa shape index (κ3) is 42.0. The number of esters is 3. The van der Waals surface area contributed by atoms with E-state index in [4.69, 9.17) is 14.2 Å². The summed E-state index contributed by atoms with van der Waals surface area (Å²) in [6.45, 7) is 11.3. The van der Waals surface area contributed by atoms with Gasteiger partial charge in [0.1, 0.15) is 13.2 Å². The van der Waals surface area contributed by atoms with E-state index >= 15 is 0 Å². The summed E-state index contributed by atoms with van der Waals surface area (Å²) >= 11 is 0. The quantitative estimate of drug-likeness (QED) is 0.0347. The zero-order valence-electron chi connectivity index (χ0n) is 38.3. The summed E-state index contributed by atoms with van der Waals surface area (Å²) in [5, 5.41) is 0. The van der Waals surface area contributed by atoms with Gasteiger partial charge >= 0.3 is 17.9 Å². The monoisotopic (exact) mass is 793 g/mol. The molecule has 332 valence electrons. The van der Waals surface area contributed by atoms with Crippen molar-refractivity contribution in [3.8, 4) is 0 Å². The lowest BCUT2D eigenvalue weighted by atomic mass is 10.00. The molecule has 1 unspecified atom stereocenters. The van der Waals surface area contributed by atoms with E-state index in [0.717, 1.165) is 69.6 Å². The van der Waals surface area contributed by atoms with E-state index in [1.54, 1.807) is 0 Å². The summed E-state index contributed by atoms with van der Waals surface area (Å²) in [6, 6.07) is 0. The van der Waals surface area contributed by atoms with Crippen LogP contribution < -0.4 is 0 Å². The molecule has 0 heterocycles. The second kappa shape index (κ2) is 43.0. The molecule has 0 spiro atoms. The van der Waals surface area contributed by atoms with Gasteiger partial charge in [0.15, 0.2) is 6.10 Å². The Hall–Kier alpha value is -1.59. The summed E-state index contributed by atoms with van der Waals surface area (Å²) < 4.78 is 16.8. The molecule has 0 aliphatic carbocycles. The highest BCUT2D eigenvalue weighted by Gasteiger charge is 2.19. The van der Waals surface area contributed by atoms with Crippen LogP contribution in [0.3, 0.4) is 0 Å². The fourth-order valence-corrected chi connectivity index (χ4v) is 7.43. The Labute approximate surface area is 348 Å². The normalized spacial score (nSPS) is 12.5. The molecule has 0 rings (SSSR count). The van der Waals surface area contributed by atoms with E-state index in [9.17, 15) is 14.4 Å². The van der Waals surface area contributed by atoms with E-state index < -0.39 is 6.10 Å². The maximum absolute atomic E-state index is 12.8. The summed E-state index contributed by atoms with van der Waals surface area (Å²) in [5.41, 5.74) is 0. The van der Waals surface area contributed by atoms with E-state index in [0.29, 0.717) is 19.3 Å². The number of hydrogen-bond donors (Lipinski definition) is 0. The number of hydrogen-bond acceptors (Lipinski definition) is 6. The van der Waals surface area contributed by atoms with Crippen molar-refractivity contribution in [2.75, 3.05) is 13.2 Å². The molecular formula is C50H96O6. The molecule has 6 heteroatoms. The largest absolute Gasteiger partial charge is 0.462 e. The molecule has 0 N–H and O–H groups in total. The van der Waals surface area contributed by atoms with Crippen LogP contribution in [0.4, 0.5) is 0 Å². The number of unbranched alkanes of at least 4 members (excludes halogenated alkanes) is 28. The number of rotatable bonds is 44. The molecule has 0 aromatic rings. The van der Waals surface area contributed by atoms with E-state index in [1.165, 1.54) is 161 Å². The van der Waals surface area contributed by atoms with Gasteiger partial charge in [0.25, 0.3) is 0 Å². The van der Waals surface area contributed by atoms with Crippen molar-refractivity contribution in [1.82, 2.24) is 0 Å². The molecular weight excluding hydrogens is 697 g/mol. The van der Waals surface area contributed by atoms with Crippen molar-refractivity contribution in [3.63, 3.8) is 0 Å². The first-order chi connectivity index (χ1) is 27.3. The Kier molecular flexibility index (Phi) is 41.8. The molecule has 0 radical (unpaired) electrons. The molecule has 2 atom stereocenters. The molecule has 0 aromatic carbocycles. The molecule has 56 heavy (non-hydrogen) atoms. The number of carbonyl (C=O) groups excluding carboxylic acids is 3. The summed E-state index contributed by atoms with van der Waals surface area (Å²) in [7, 11) is 0. The molecule has 6 nitrogen and oxygen atoms in total. The van der Waals surface area contributed by atoms with E-state index in [1.807, 2.05) is 0 Å². The van der Waals surface area contributed by atoms with Crippen LogP contribution in [0.5, 0.6) is 0 Å². The Balaban J connectivity index is 4.29. The fourth-order valence-electron chi connectivity index (χ4n) is 7.43. The first-order valence-electron chi connectivity index (χ1n) is 24.8. The van der Waals surface area contributed by atoms with Gasteiger partial charge in [-0.15, -0.1) is 0 Å². The van der Waals surface area contributed by atoms with Crippen molar-refractivity contribution in [1.29, 1.82) is 0 Å². The number of ether oxygens (including phenoxy) is 3. The predicted molar refractivity (Wildman–Crippen MR) is 238 cm³/mol. The lowest BCUT2D eigenvalue weighted by Gasteiger charge is -2.18. The van der Waals surface area contributed by atoms with Crippen LogP contribution in [-0.4, -0.2) is 37.2 Å². The van der Waals surface area contributed by atoms with E-state index in [-0.39, 0.29) is 31.1 Å². The third-order valence-corrected chi connectivity index (χ3v) is 11.6. The lowest BCUT2D eigenvalue weighted by molar-refractivity contribution is -0.167. The highest BCUT2D eigenvalue weighted by molar-refractivity contribution is 5.71. The van der Waals surface area contributed by atoms with Crippen molar-refractivity contribution in [2.45, 2.75) is 278 Å². The molecule has 0 bridgehead atoms. The highest BCUT2D eigenvalue weighted by atomic mass is 16.6. The minimum atomic E-state index is -0.761. The summed E-state index contributed by atoms with van der Waals surface area (Å²) in [5.74, 6) is 0.803. The van der Waals surface area contributed by atoms with Crippen molar-refractivity contribution < 1.29 is 28.6 Å². The van der Waals surface area contributed by atoms with Crippen molar-refractivity contribution in [3.05, 3.63) is 0 Å². The zero-order valence-corrected chi connectivity index (χ0v) is 38.3.